The topological polar surface area (TPSA) is 120 Å². The third kappa shape index (κ3) is 4.26. The van der Waals surface area contributed by atoms with Gasteiger partial charge in [-0.25, -0.2) is 14.0 Å². The average Bonchev–Trinajstić information content (AvgIpc) is 2.59. The number of ether oxygens (including phenoxy) is 2. The first-order valence-corrected chi connectivity index (χ1v) is 7.91. The average molecular weight is 367 g/mol. The molecule has 0 saturated carbocycles. The molecule has 0 spiro atoms. The number of hydrogen-bond donors (Lipinski definition) is 2. The third-order valence-electron chi connectivity index (χ3n) is 3.64. The Morgan fingerprint density at radius 1 is 1.38 bits per heavy atom. The summed E-state index contributed by atoms with van der Waals surface area (Å²) >= 11 is 0. The lowest BCUT2D eigenvalue weighted by molar-refractivity contribution is -0.385. The van der Waals surface area contributed by atoms with Crippen molar-refractivity contribution in [2.75, 3.05) is 13.2 Å². The summed E-state index contributed by atoms with van der Waals surface area (Å²) in [7, 11) is 0. The molecule has 1 heterocycles. The highest BCUT2D eigenvalue weighted by molar-refractivity contribution is 5.94. The number of hydrogen-bond acceptors (Lipinski definition) is 6. The maximum atomic E-state index is 13.4. The summed E-state index contributed by atoms with van der Waals surface area (Å²) in [6, 6.07) is 1.64. The van der Waals surface area contributed by atoms with Gasteiger partial charge in [-0.2, -0.15) is 0 Å². The molecule has 0 bridgehead atoms. The van der Waals surface area contributed by atoms with E-state index in [1.807, 2.05) is 0 Å². The highest BCUT2D eigenvalue weighted by Crippen LogP contribution is 2.28. The fraction of sp³-hybridized carbons (Fsp3) is 0.375. The molecule has 1 aromatic carbocycles. The van der Waals surface area contributed by atoms with Crippen LogP contribution >= 0.6 is 0 Å². The zero-order valence-electron chi connectivity index (χ0n) is 14.2. The van der Waals surface area contributed by atoms with E-state index in [-0.39, 0.29) is 30.2 Å². The molecule has 0 aliphatic carbocycles. The fourth-order valence-electron chi connectivity index (χ4n) is 2.48. The van der Waals surface area contributed by atoms with Gasteiger partial charge in [-0.05, 0) is 19.4 Å². The fourth-order valence-corrected chi connectivity index (χ4v) is 2.48. The van der Waals surface area contributed by atoms with Gasteiger partial charge in [0.15, 0.2) is 5.75 Å². The number of nitrogens with zero attached hydrogens (tertiary/aromatic N) is 1. The van der Waals surface area contributed by atoms with Crippen LogP contribution in [0.3, 0.4) is 0 Å². The van der Waals surface area contributed by atoms with Crippen molar-refractivity contribution in [3.63, 3.8) is 0 Å². The number of carbonyl (C=O) groups is 2. The van der Waals surface area contributed by atoms with Gasteiger partial charge in [-0.1, -0.05) is 6.92 Å². The van der Waals surface area contributed by atoms with E-state index in [1.165, 1.54) is 0 Å². The van der Waals surface area contributed by atoms with Crippen molar-refractivity contribution in [1.29, 1.82) is 0 Å². The van der Waals surface area contributed by atoms with Crippen molar-refractivity contribution < 1.29 is 28.4 Å². The van der Waals surface area contributed by atoms with Gasteiger partial charge in [0.1, 0.15) is 12.4 Å². The minimum atomic E-state index is -0.717. The van der Waals surface area contributed by atoms with Crippen LogP contribution in [0.2, 0.25) is 0 Å². The van der Waals surface area contributed by atoms with Gasteiger partial charge in [-0.3, -0.25) is 10.1 Å². The first-order chi connectivity index (χ1) is 12.4. The predicted octanol–water partition coefficient (Wildman–Crippen LogP) is 2.02. The van der Waals surface area contributed by atoms with Crippen LogP contribution in [0.4, 0.5) is 14.9 Å². The zero-order chi connectivity index (χ0) is 19.3. The quantitative estimate of drug-likeness (QED) is 0.432. The monoisotopic (exact) mass is 367 g/mol. The molecular formula is C16H18FN3O6. The third-order valence-corrected chi connectivity index (χ3v) is 3.64. The highest BCUT2D eigenvalue weighted by atomic mass is 19.1. The van der Waals surface area contributed by atoms with Crippen LogP contribution in [0.1, 0.15) is 20.3 Å². The van der Waals surface area contributed by atoms with E-state index in [0.29, 0.717) is 6.42 Å². The Morgan fingerprint density at radius 2 is 2.12 bits per heavy atom. The van der Waals surface area contributed by atoms with Gasteiger partial charge < -0.3 is 20.1 Å². The number of nitro groups is 1. The van der Waals surface area contributed by atoms with Gasteiger partial charge in [0, 0.05) is 12.1 Å². The van der Waals surface area contributed by atoms with Crippen LogP contribution in [0.25, 0.3) is 0 Å². The van der Waals surface area contributed by atoms with Crippen molar-refractivity contribution in [2.45, 2.75) is 26.3 Å². The first kappa shape index (κ1) is 19.2. The lowest BCUT2D eigenvalue weighted by Gasteiger charge is -2.28. The maximum absolute atomic E-state index is 13.4. The van der Waals surface area contributed by atoms with Crippen LogP contribution in [0, 0.1) is 15.9 Å². The maximum Gasteiger partial charge on any atom is 0.338 e. The zero-order valence-corrected chi connectivity index (χ0v) is 14.2. The normalized spacial score (nSPS) is 16.6. The van der Waals surface area contributed by atoms with Crippen LogP contribution < -0.4 is 15.4 Å². The van der Waals surface area contributed by atoms with Gasteiger partial charge in [0.25, 0.3) is 0 Å². The summed E-state index contributed by atoms with van der Waals surface area (Å²) in [5.74, 6) is -1.67. The van der Waals surface area contributed by atoms with E-state index in [1.54, 1.807) is 13.8 Å². The number of nitrogens with one attached hydrogen (secondary N) is 2. The summed E-state index contributed by atoms with van der Waals surface area (Å²) in [5, 5.41) is 16.1. The molecular weight excluding hydrogens is 349 g/mol. The van der Waals surface area contributed by atoms with E-state index in [9.17, 15) is 24.1 Å². The smallest absolute Gasteiger partial charge is 0.338 e. The highest BCUT2D eigenvalue weighted by Gasteiger charge is 2.32. The molecule has 1 aromatic rings. The standard InChI is InChI=1S/C16H18FN3O6/c1-3-10-14(15(21)25-4-2)11(19-16(22)18-10)8-26-13-7-9(17)5-6-12(13)20(23)24/h5-7,10H,3-4,8H2,1-2H3,(H2,18,19,22). The largest absolute Gasteiger partial charge is 0.480 e. The number of halogens is 1. The Balaban J connectivity index is 2.34. The second-order valence-corrected chi connectivity index (χ2v) is 5.33. The second kappa shape index (κ2) is 8.28. The molecule has 1 aliphatic rings. The summed E-state index contributed by atoms with van der Waals surface area (Å²) in [6.07, 6.45) is 0.422. The number of carbonyl (C=O) groups excluding carboxylic acids is 2. The Hall–Kier alpha value is -3.17. The van der Waals surface area contributed by atoms with E-state index < -0.39 is 34.5 Å². The summed E-state index contributed by atoms with van der Waals surface area (Å²) in [6.45, 7) is 3.17. The molecule has 1 atom stereocenters. The SMILES string of the molecule is CCOC(=O)C1=C(COc2cc(F)ccc2[N+](=O)[O-])NC(=O)NC1CC. The molecule has 1 aliphatic heterocycles. The van der Waals surface area contributed by atoms with E-state index in [2.05, 4.69) is 10.6 Å². The number of amides is 2. The molecule has 2 N–H and O–H groups in total. The van der Waals surface area contributed by atoms with Gasteiger partial charge in [-0.15, -0.1) is 0 Å². The molecule has 2 rings (SSSR count). The van der Waals surface area contributed by atoms with E-state index in [0.717, 1.165) is 18.2 Å². The molecule has 140 valence electrons. The van der Waals surface area contributed by atoms with Crippen LogP contribution in [-0.4, -0.2) is 36.2 Å². The number of nitro benzene ring substituents is 1. The van der Waals surface area contributed by atoms with E-state index >= 15 is 0 Å². The summed E-state index contributed by atoms with van der Waals surface area (Å²) in [5.41, 5.74) is -0.164. The molecule has 0 radical (unpaired) electrons. The number of esters is 1. The Bertz CT molecular complexity index is 764. The Kier molecular flexibility index (Phi) is 6.10. The predicted molar refractivity (Wildman–Crippen MR) is 88.0 cm³/mol. The molecule has 0 saturated heterocycles. The minimum Gasteiger partial charge on any atom is -0.480 e. The molecule has 0 fully saturated rings. The molecule has 0 aromatic heterocycles. The van der Waals surface area contributed by atoms with Gasteiger partial charge in [0.2, 0.25) is 0 Å². The lowest BCUT2D eigenvalue weighted by Crippen LogP contribution is -2.51. The molecule has 10 heteroatoms. The van der Waals surface area contributed by atoms with Crippen molar-refractivity contribution in [3.8, 4) is 5.75 Å². The number of urea groups is 1. The molecule has 26 heavy (non-hydrogen) atoms. The van der Waals surface area contributed by atoms with Crippen molar-refractivity contribution in [3.05, 3.63) is 45.4 Å². The van der Waals surface area contributed by atoms with Gasteiger partial charge >= 0.3 is 17.7 Å². The lowest BCUT2D eigenvalue weighted by atomic mass is 10.0. The first-order valence-electron chi connectivity index (χ1n) is 7.91. The van der Waals surface area contributed by atoms with Crippen molar-refractivity contribution in [1.82, 2.24) is 10.6 Å². The molecule has 9 nitrogen and oxygen atoms in total. The van der Waals surface area contributed by atoms with Crippen LogP contribution in [0.5, 0.6) is 5.75 Å². The number of benzene rings is 1. The summed E-state index contributed by atoms with van der Waals surface area (Å²) < 4.78 is 23.7. The minimum absolute atomic E-state index is 0.109. The number of rotatable bonds is 7. The van der Waals surface area contributed by atoms with Crippen molar-refractivity contribution in [2.24, 2.45) is 0 Å². The van der Waals surface area contributed by atoms with Crippen molar-refractivity contribution >= 4 is 17.7 Å². The second-order valence-electron chi connectivity index (χ2n) is 5.33. The Labute approximate surface area is 148 Å². The molecule has 2 amide bonds. The van der Waals surface area contributed by atoms with Crippen LogP contribution in [0.15, 0.2) is 29.5 Å². The summed E-state index contributed by atoms with van der Waals surface area (Å²) in [4.78, 5) is 34.3. The Morgan fingerprint density at radius 3 is 2.73 bits per heavy atom. The van der Waals surface area contributed by atoms with Crippen LogP contribution in [-0.2, 0) is 9.53 Å². The van der Waals surface area contributed by atoms with E-state index in [4.69, 9.17) is 9.47 Å². The van der Waals surface area contributed by atoms with Gasteiger partial charge in [0.05, 0.1) is 28.8 Å². The molecule has 1 unspecified atom stereocenters.